The Kier molecular flexibility index (Phi) is 3.05. The van der Waals surface area contributed by atoms with Crippen LogP contribution in [0.4, 0.5) is 0 Å². The Labute approximate surface area is 73.2 Å². The van der Waals surface area contributed by atoms with Crippen molar-refractivity contribution < 1.29 is 0 Å². The molecule has 3 heteroatoms. The summed E-state index contributed by atoms with van der Waals surface area (Å²) in [5.41, 5.74) is 7.19. The minimum Gasteiger partial charge on any atom is -0.304 e. The highest BCUT2D eigenvalue weighted by Gasteiger charge is 2.06. The predicted octanol–water partition coefficient (Wildman–Crippen LogP) is 1.36. The third-order valence-electron chi connectivity index (χ3n) is 1.70. The van der Waals surface area contributed by atoms with Crippen molar-refractivity contribution in [1.29, 1.82) is 0 Å². The van der Waals surface area contributed by atoms with Gasteiger partial charge in [0, 0.05) is 0 Å². The largest absolute Gasteiger partial charge is 0.304 e. The number of nitrogens with one attached hydrogen (secondary N) is 2. The van der Waals surface area contributed by atoms with Gasteiger partial charge in [-0.15, -0.1) is 0 Å². The maximum absolute atomic E-state index is 4.28. The van der Waals surface area contributed by atoms with Crippen LogP contribution in [0.5, 0.6) is 0 Å². The van der Waals surface area contributed by atoms with Gasteiger partial charge in [-0.1, -0.05) is 17.7 Å². The van der Waals surface area contributed by atoms with Gasteiger partial charge in [0.25, 0.3) is 0 Å². The number of hydrogen-bond acceptors (Lipinski definition) is 3. The SMILES string of the molecule is C/C=C(C)\C=C/C1=NC(C)NN1. The molecular formula is C9H15N3. The maximum Gasteiger partial charge on any atom is 0.137 e. The first-order valence-electron chi connectivity index (χ1n) is 4.12. The molecule has 0 aromatic carbocycles. The average molecular weight is 165 g/mol. The molecule has 0 spiro atoms. The van der Waals surface area contributed by atoms with Crippen molar-refractivity contribution in [3.05, 3.63) is 23.8 Å². The van der Waals surface area contributed by atoms with E-state index in [0.29, 0.717) is 0 Å². The Hall–Kier alpha value is -1.09. The molecule has 0 fully saturated rings. The highest BCUT2D eigenvalue weighted by molar-refractivity contribution is 5.93. The van der Waals surface area contributed by atoms with Gasteiger partial charge in [0.05, 0.1) is 0 Å². The molecule has 0 aliphatic carbocycles. The van der Waals surface area contributed by atoms with Crippen LogP contribution < -0.4 is 10.9 Å². The molecule has 0 amide bonds. The van der Waals surface area contributed by atoms with E-state index in [0.717, 1.165) is 5.84 Å². The number of hydrazine groups is 1. The molecule has 0 saturated heterocycles. The monoisotopic (exact) mass is 165 g/mol. The highest BCUT2D eigenvalue weighted by atomic mass is 15.5. The molecule has 0 aromatic heterocycles. The molecule has 1 heterocycles. The minimum absolute atomic E-state index is 0.176. The molecule has 0 aromatic rings. The summed E-state index contributed by atoms with van der Waals surface area (Å²) in [5, 5.41) is 0. The molecule has 2 N–H and O–H groups in total. The van der Waals surface area contributed by atoms with Crippen molar-refractivity contribution in [2.45, 2.75) is 26.9 Å². The Bertz CT molecular complexity index is 238. The zero-order valence-corrected chi connectivity index (χ0v) is 7.76. The average Bonchev–Trinajstić information content (AvgIpc) is 2.47. The summed E-state index contributed by atoms with van der Waals surface area (Å²) in [6.45, 7) is 6.07. The van der Waals surface area contributed by atoms with E-state index in [-0.39, 0.29) is 6.17 Å². The third-order valence-corrected chi connectivity index (χ3v) is 1.70. The molecule has 1 atom stereocenters. The molecule has 0 saturated carbocycles. The molecule has 0 radical (unpaired) electrons. The molecule has 0 bridgehead atoms. The fourth-order valence-corrected chi connectivity index (χ4v) is 0.843. The second-order valence-electron chi connectivity index (χ2n) is 2.83. The lowest BCUT2D eigenvalue weighted by molar-refractivity contribution is 0.589. The minimum atomic E-state index is 0.176. The summed E-state index contributed by atoms with van der Waals surface area (Å²) in [6.07, 6.45) is 6.23. The van der Waals surface area contributed by atoms with Crippen LogP contribution in [-0.2, 0) is 0 Å². The first-order chi connectivity index (χ1) is 5.72. The second kappa shape index (κ2) is 4.07. The van der Waals surface area contributed by atoms with E-state index in [2.05, 4.69) is 28.8 Å². The number of aliphatic imine (C=N–C) groups is 1. The lowest BCUT2D eigenvalue weighted by Gasteiger charge is -1.96. The molecule has 1 unspecified atom stereocenters. The van der Waals surface area contributed by atoms with Crippen LogP contribution in [0.2, 0.25) is 0 Å². The van der Waals surface area contributed by atoms with Gasteiger partial charge in [0.15, 0.2) is 0 Å². The van der Waals surface area contributed by atoms with Crippen LogP contribution >= 0.6 is 0 Å². The lowest BCUT2D eigenvalue weighted by atomic mass is 10.2. The first-order valence-corrected chi connectivity index (χ1v) is 4.12. The summed E-state index contributed by atoms with van der Waals surface area (Å²) in [7, 11) is 0. The lowest BCUT2D eigenvalue weighted by Crippen LogP contribution is -2.32. The Morgan fingerprint density at radius 2 is 2.33 bits per heavy atom. The van der Waals surface area contributed by atoms with Crippen LogP contribution in [0.3, 0.4) is 0 Å². The van der Waals surface area contributed by atoms with Crippen molar-refractivity contribution >= 4 is 5.84 Å². The standard InChI is InChI=1S/C9H15N3/c1-4-7(2)5-6-9-10-8(3)11-12-9/h4-6,8,11H,1-3H3,(H,10,12)/b6-5-,7-4-. The van der Waals surface area contributed by atoms with Crippen molar-refractivity contribution in [2.75, 3.05) is 0 Å². The van der Waals surface area contributed by atoms with E-state index < -0.39 is 0 Å². The third kappa shape index (κ3) is 2.51. The molecule has 66 valence electrons. The number of rotatable bonds is 2. The zero-order chi connectivity index (χ0) is 8.97. The number of hydrogen-bond donors (Lipinski definition) is 2. The predicted molar refractivity (Wildman–Crippen MR) is 51.7 cm³/mol. The topological polar surface area (TPSA) is 36.4 Å². The van der Waals surface area contributed by atoms with Gasteiger partial charge in [0.2, 0.25) is 0 Å². The van der Waals surface area contributed by atoms with E-state index in [1.165, 1.54) is 5.57 Å². The Balaban J connectivity index is 2.52. The van der Waals surface area contributed by atoms with E-state index in [4.69, 9.17) is 0 Å². The smallest absolute Gasteiger partial charge is 0.137 e. The summed E-state index contributed by atoms with van der Waals surface area (Å²) in [4.78, 5) is 4.28. The fraction of sp³-hybridized carbons (Fsp3) is 0.444. The van der Waals surface area contributed by atoms with Crippen LogP contribution in [-0.4, -0.2) is 12.0 Å². The van der Waals surface area contributed by atoms with Crippen molar-refractivity contribution in [1.82, 2.24) is 10.9 Å². The van der Waals surface area contributed by atoms with E-state index in [9.17, 15) is 0 Å². The summed E-state index contributed by atoms with van der Waals surface area (Å²) >= 11 is 0. The zero-order valence-electron chi connectivity index (χ0n) is 7.76. The number of nitrogens with zero attached hydrogens (tertiary/aromatic N) is 1. The summed E-state index contributed by atoms with van der Waals surface area (Å²) < 4.78 is 0. The van der Waals surface area contributed by atoms with Crippen LogP contribution in [0.15, 0.2) is 28.8 Å². The van der Waals surface area contributed by atoms with Crippen LogP contribution in [0.25, 0.3) is 0 Å². The van der Waals surface area contributed by atoms with Gasteiger partial charge in [-0.05, 0) is 26.8 Å². The normalized spacial score (nSPS) is 24.4. The number of amidine groups is 1. The van der Waals surface area contributed by atoms with Crippen molar-refractivity contribution in [3.8, 4) is 0 Å². The van der Waals surface area contributed by atoms with Crippen molar-refractivity contribution in [2.24, 2.45) is 4.99 Å². The number of allylic oxidation sites excluding steroid dienone is 3. The van der Waals surface area contributed by atoms with Gasteiger partial charge in [-0.25, -0.2) is 10.4 Å². The van der Waals surface area contributed by atoms with Crippen molar-refractivity contribution in [3.63, 3.8) is 0 Å². The Morgan fingerprint density at radius 3 is 2.83 bits per heavy atom. The molecule has 1 rings (SSSR count). The van der Waals surface area contributed by atoms with Gasteiger partial charge in [-0.2, -0.15) is 0 Å². The molecule has 1 aliphatic rings. The van der Waals surface area contributed by atoms with E-state index >= 15 is 0 Å². The van der Waals surface area contributed by atoms with Crippen LogP contribution in [0, 0.1) is 0 Å². The molecular weight excluding hydrogens is 150 g/mol. The quantitative estimate of drug-likeness (QED) is 0.606. The summed E-state index contributed by atoms with van der Waals surface area (Å²) in [5.74, 6) is 0.892. The second-order valence-corrected chi connectivity index (χ2v) is 2.83. The Morgan fingerprint density at radius 1 is 1.58 bits per heavy atom. The van der Waals surface area contributed by atoms with Gasteiger partial charge < -0.3 is 5.43 Å². The molecule has 3 nitrogen and oxygen atoms in total. The molecule has 1 aliphatic heterocycles. The van der Waals surface area contributed by atoms with Crippen LogP contribution in [0.1, 0.15) is 20.8 Å². The molecule has 12 heavy (non-hydrogen) atoms. The highest BCUT2D eigenvalue weighted by Crippen LogP contribution is 1.96. The van der Waals surface area contributed by atoms with E-state index in [1.807, 2.05) is 26.0 Å². The van der Waals surface area contributed by atoms with Gasteiger partial charge >= 0.3 is 0 Å². The summed E-state index contributed by atoms with van der Waals surface area (Å²) in [6, 6.07) is 0. The maximum atomic E-state index is 4.28. The first kappa shape index (κ1) is 9.00. The fourth-order valence-electron chi connectivity index (χ4n) is 0.843. The van der Waals surface area contributed by atoms with E-state index in [1.54, 1.807) is 0 Å². The van der Waals surface area contributed by atoms with Gasteiger partial charge in [-0.3, -0.25) is 0 Å². The van der Waals surface area contributed by atoms with Gasteiger partial charge in [0.1, 0.15) is 12.0 Å².